The smallest absolute Gasteiger partial charge is 0.321 e. The first-order valence-electron chi connectivity index (χ1n) is 11.0. The van der Waals surface area contributed by atoms with Crippen molar-refractivity contribution in [2.24, 2.45) is 0 Å². The third-order valence-corrected chi connectivity index (χ3v) is 7.08. The first-order valence-corrected chi connectivity index (χ1v) is 12.7. The minimum Gasteiger partial charge on any atom is -0.497 e. The highest BCUT2D eigenvalue weighted by atomic mass is 32.1. The average molecular weight is 541 g/mol. The zero-order valence-corrected chi connectivity index (χ0v) is 21.2. The molecule has 2 aromatic heterocycles. The minimum absolute atomic E-state index is 0.210. The summed E-state index contributed by atoms with van der Waals surface area (Å²) in [6.07, 6.45) is 0. The predicted molar refractivity (Wildman–Crippen MR) is 144 cm³/mol. The summed E-state index contributed by atoms with van der Waals surface area (Å²) >= 11 is 2.52. The maximum absolute atomic E-state index is 12.7. The van der Waals surface area contributed by atoms with Gasteiger partial charge in [0, 0.05) is 22.2 Å². The number of nitrogen functional groups attached to an aromatic ring is 1. The number of aromatic nitrogens is 2. The third-order valence-electron chi connectivity index (χ3n) is 5.10. The molecule has 0 radical (unpaired) electrons. The van der Waals surface area contributed by atoms with Gasteiger partial charge in [0.2, 0.25) is 0 Å². The van der Waals surface area contributed by atoms with Crippen molar-refractivity contribution in [1.82, 2.24) is 15.3 Å². The molecule has 0 aliphatic rings. The molecule has 0 aliphatic carbocycles. The molecule has 0 atom stereocenters. The number of hydrogen-bond acceptors (Lipinski definition) is 10. The van der Waals surface area contributed by atoms with Crippen molar-refractivity contribution in [2.45, 2.75) is 6.04 Å². The summed E-state index contributed by atoms with van der Waals surface area (Å²) in [5.74, 6) is 0.541. The Kier molecular flexibility index (Phi) is 8.30. The SMILES string of the molecule is COc1cccc(C(=O)Nc2cccc(-c3csc(-c4sc(NC(=O)NC(CO)CO)nc4N)n3)c2)c1. The molecule has 2 heterocycles. The Morgan fingerprint density at radius 2 is 1.86 bits per heavy atom. The number of methoxy groups -OCH3 is 1. The van der Waals surface area contributed by atoms with Gasteiger partial charge in [-0.1, -0.05) is 29.5 Å². The van der Waals surface area contributed by atoms with E-state index < -0.39 is 25.3 Å². The standard InChI is InChI=1S/C24H24N6O5S2/c1-35-17-7-3-5-14(9-17)21(33)26-15-6-2-4-13(8-15)18-12-36-22(28-18)19-20(25)29-24(37-19)30-23(34)27-16(10-31)11-32/h2-9,12,16,31-32H,10-11,25H2,1H3,(H,26,33)(H2,27,29,30,34). The fraction of sp³-hybridized carbons (Fsp3) is 0.167. The highest BCUT2D eigenvalue weighted by Gasteiger charge is 2.18. The van der Waals surface area contributed by atoms with E-state index in [4.69, 9.17) is 20.7 Å². The Morgan fingerprint density at radius 1 is 1.08 bits per heavy atom. The van der Waals surface area contributed by atoms with Crippen LogP contribution in [0.25, 0.3) is 21.1 Å². The quantitative estimate of drug-likeness (QED) is 0.188. The number of hydrogen-bond donors (Lipinski definition) is 6. The number of nitrogens with two attached hydrogens (primary N) is 1. The van der Waals surface area contributed by atoms with Gasteiger partial charge in [0.25, 0.3) is 5.91 Å². The second kappa shape index (κ2) is 11.8. The van der Waals surface area contributed by atoms with Crippen LogP contribution in [0.5, 0.6) is 5.75 Å². The Balaban J connectivity index is 1.47. The molecule has 0 unspecified atom stereocenters. The van der Waals surface area contributed by atoms with Gasteiger partial charge < -0.3 is 31.3 Å². The molecule has 4 rings (SSSR count). The summed E-state index contributed by atoms with van der Waals surface area (Å²) in [4.78, 5) is 34.1. The van der Waals surface area contributed by atoms with E-state index in [2.05, 4.69) is 25.9 Å². The number of anilines is 3. The summed E-state index contributed by atoms with van der Waals surface area (Å²) in [6.45, 7) is -0.800. The molecule has 7 N–H and O–H groups in total. The van der Waals surface area contributed by atoms with Crippen molar-refractivity contribution in [1.29, 1.82) is 0 Å². The Hall–Kier alpha value is -4.04. The Bertz CT molecular complexity index is 1400. The molecule has 0 saturated carbocycles. The molecule has 11 nitrogen and oxygen atoms in total. The second-order valence-corrected chi connectivity index (χ2v) is 9.56. The first-order chi connectivity index (χ1) is 17.9. The second-order valence-electron chi connectivity index (χ2n) is 7.70. The highest BCUT2D eigenvalue weighted by Crippen LogP contribution is 2.38. The van der Waals surface area contributed by atoms with Crippen molar-refractivity contribution in [3.63, 3.8) is 0 Å². The van der Waals surface area contributed by atoms with E-state index in [-0.39, 0.29) is 16.9 Å². The lowest BCUT2D eigenvalue weighted by Crippen LogP contribution is -2.42. The summed E-state index contributed by atoms with van der Waals surface area (Å²) in [6, 6.07) is 12.8. The average Bonchev–Trinajstić information content (AvgIpc) is 3.54. The molecule has 3 amide bonds. The molecule has 2 aromatic carbocycles. The van der Waals surface area contributed by atoms with Crippen molar-refractivity contribution >= 4 is 51.2 Å². The minimum atomic E-state index is -0.783. The van der Waals surface area contributed by atoms with Crippen LogP contribution in [0, 0.1) is 0 Å². The van der Waals surface area contributed by atoms with Gasteiger partial charge in [-0.25, -0.2) is 14.8 Å². The van der Waals surface area contributed by atoms with Crippen LogP contribution in [0.4, 0.5) is 21.4 Å². The molecule has 0 bridgehead atoms. The third kappa shape index (κ3) is 6.40. The monoisotopic (exact) mass is 540 g/mol. The van der Waals surface area contributed by atoms with E-state index in [9.17, 15) is 9.59 Å². The van der Waals surface area contributed by atoms with Gasteiger partial charge in [-0.3, -0.25) is 10.1 Å². The van der Waals surface area contributed by atoms with Gasteiger partial charge in [0.1, 0.15) is 21.5 Å². The van der Waals surface area contributed by atoms with E-state index in [0.29, 0.717) is 32.6 Å². The zero-order valence-electron chi connectivity index (χ0n) is 19.6. The van der Waals surface area contributed by atoms with Crippen molar-refractivity contribution in [3.05, 3.63) is 59.5 Å². The Morgan fingerprint density at radius 3 is 2.62 bits per heavy atom. The summed E-state index contributed by atoms with van der Waals surface area (Å²) in [5, 5.41) is 28.8. The number of nitrogens with zero attached hydrogens (tertiary/aromatic N) is 2. The van der Waals surface area contributed by atoms with Crippen LogP contribution in [-0.4, -0.2) is 58.5 Å². The summed E-state index contributed by atoms with van der Waals surface area (Å²) in [7, 11) is 1.54. The lowest BCUT2D eigenvalue weighted by atomic mass is 10.1. The molecule has 0 saturated heterocycles. The van der Waals surface area contributed by atoms with Gasteiger partial charge in [-0.2, -0.15) is 0 Å². The molecule has 13 heteroatoms. The molecular formula is C24H24N6O5S2. The van der Waals surface area contributed by atoms with Crippen molar-refractivity contribution in [3.8, 4) is 26.9 Å². The summed E-state index contributed by atoms with van der Waals surface area (Å²) in [5.41, 5.74) is 8.63. The number of urea groups is 1. The van der Waals surface area contributed by atoms with Crippen molar-refractivity contribution in [2.75, 3.05) is 36.7 Å². The van der Waals surface area contributed by atoms with Crippen LogP contribution in [0.15, 0.2) is 53.9 Å². The van der Waals surface area contributed by atoms with Crippen LogP contribution in [0.2, 0.25) is 0 Å². The predicted octanol–water partition coefficient (Wildman–Crippen LogP) is 3.25. The number of ether oxygens (including phenoxy) is 1. The summed E-state index contributed by atoms with van der Waals surface area (Å²) < 4.78 is 5.18. The maximum Gasteiger partial charge on any atom is 0.321 e. The van der Waals surface area contributed by atoms with Crippen LogP contribution >= 0.6 is 22.7 Å². The molecule has 37 heavy (non-hydrogen) atoms. The fourth-order valence-electron chi connectivity index (χ4n) is 3.24. The van der Waals surface area contributed by atoms with E-state index in [0.717, 1.165) is 16.9 Å². The number of carbonyl (C=O) groups excluding carboxylic acids is 2. The van der Waals surface area contributed by atoms with Gasteiger partial charge in [0.05, 0.1) is 32.1 Å². The molecule has 192 valence electrons. The van der Waals surface area contributed by atoms with Crippen LogP contribution < -0.4 is 26.4 Å². The number of carbonyl (C=O) groups is 2. The zero-order chi connectivity index (χ0) is 26.4. The fourth-order valence-corrected chi connectivity index (χ4v) is 5.05. The largest absolute Gasteiger partial charge is 0.497 e. The lowest BCUT2D eigenvalue weighted by molar-refractivity contribution is 0.102. The molecular weight excluding hydrogens is 516 g/mol. The maximum atomic E-state index is 12.7. The number of benzene rings is 2. The van der Waals surface area contributed by atoms with E-state index >= 15 is 0 Å². The van der Waals surface area contributed by atoms with Crippen LogP contribution in [-0.2, 0) is 0 Å². The number of aliphatic hydroxyl groups excluding tert-OH is 2. The van der Waals surface area contributed by atoms with Gasteiger partial charge >= 0.3 is 6.03 Å². The van der Waals surface area contributed by atoms with E-state index in [1.165, 1.54) is 11.3 Å². The topological polar surface area (TPSA) is 172 Å². The normalized spacial score (nSPS) is 10.8. The van der Waals surface area contributed by atoms with Crippen LogP contribution in [0.1, 0.15) is 10.4 Å². The van der Waals surface area contributed by atoms with Crippen molar-refractivity contribution < 1.29 is 24.5 Å². The van der Waals surface area contributed by atoms with Crippen LogP contribution in [0.3, 0.4) is 0 Å². The van der Waals surface area contributed by atoms with E-state index in [1.54, 1.807) is 37.4 Å². The number of aliphatic hydroxyl groups is 2. The Labute approximate surface area is 220 Å². The highest BCUT2D eigenvalue weighted by molar-refractivity contribution is 7.23. The molecule has 0 spiro atoms. The number of amides is 3. The van der Waals surface area contributed by atoms with Gasteiger partial charge in [-0.15, -0.1) is 11.3 Å². The van der Waals surface area contributed by atoms with Gasteiger partial charge in [0.15, 0.2) is 5.13 Å². The number of rotatable bonds is 9. The number of nitrogens with one attached hydrogen (secondary N) is 3. The molecule has 0 aliphatic heterocycles. The number of thiazole rings is 2. The molecule has 0 fully saturated rings. The lowest BCUT2D eigenvalue weighted by Gasteiger charge is -2.12. The first kappa shape index (κ1) is 26.0. The molecule has 4 aromatic rings. The van der Waals surface area contributed by atoms with E-state index in [1.807, 2.05) is 23.6 Å². The van der Waals surface area contributed by atoms with Gasteiger partial charge in [-0.05, 0) is 30.3 Å².